The molecule has 0 saturated heterocycles. The fraction of sp³-hybridized carbons (Fsp3) is 0.0667. The molecular weight excluding hydrogens is 337 g/mol. The second-order valence-corrected chi connectivity index (χ2v) is 5.58. The average molecular weight is 348 g/mol. The van der Waals surface area contributed by atoms with Crippen LogP contribution >= 0.6 is 15.9 Å². The van der Waals surface area contributed by atoms with Gasteiger partial charge in [-0.15, -0.1) is 0 Å². The van der Waals surface area contributed by atoms with E-state index in [1.807, 2.05) is 6.07 Å². The molecule has 2 aromatic carbocycles. The number of halogens is 2. The number of nitrogens with two attached hydrogens (primary N) is 1. The smallest absolute Gasteiger partial charge is 0.258 e. The second-order valence-electron chi connectivity index (χ2n) is 4.66. The molecule has 3 aromatic rings. The van der Waals surface area contributed by atoms with Gasteiger partial charge in [0.25, 0.3) is 5.89 Å². The summed E-state index contributed by atoms with van der Waals surface area (Å²) in [6.07, 6.45) is 0. The van der Waals surface area contributed by atoms with Crippen molar-refractivity contribution in [1.82, 2.24) is 10.1 Å². The van der Waals surface area contributed by atoms with Crippen molar-refractivity contribution >= 4 is 21.6 Å². The largest absolute Gasteiger partial charge is 0.399 e. The lowest BCUT2D eigenvalue weighted by Gasteiger charge is -1.99. The van der Waals surface area contributed by atoms with Gasteiger partial charge in [0.15, 0.2) is 0 Å². The summed E-state index contributed by atoms with van der Waals surface area (Å²) in [6, 6.07) is 10.1. The third-order valence-corrected chi connectivity index (χ3v) is 3.48. The van der Waals surface area contributed by atoms with Gasteiger partial charge >= 0.3 is 0 Å². The van der Waals surface area contributed by atoms with Crippen molar-refractivity contribution in [3.05, 3.63) is 52.3 Å². The minimum atomic E-state index is -0.300. The van der Waals surface area contributed by atoms with Crippen LogP contribution in [0.25, 0.3) is 22.8 Å². The number of nitrogens with zero attached hydrogens (tertiary/aromatic N) is 2. The molecule has 0 aliphatic rings. The van der Waals surface area contributed by atoms with Gasteiger partial charge < -0.3 is 10.3 Å². The molecule has 0 aliphatic heterocycles. The highest BCUT2D eigenvalue weighted by Crippen LogP contribution is 2.27. The fourth-order valence-corrected chi connectivity index (χ4v) is 2.44. The quantitative estimate of drug-likeness (QED) is 0.705. The van der Waals surface area contributed by atoms with Crippen molar-refractivity contribution in [2.45, 2.75) is 6.92 Å². The topological polar surface area (TPSA) is 64.9 Å². The lowest BCUT2D eigenvalue weighted by Crippen LogP contribution is -1.87. The van der Waals surface area contributed by atoms with Gasteiger partial charge in [-0.25, -0.2) is 4.39 Å². The molecule has 0 atom stereocenters. The molecule has 0 radical (unpaired) electrons. The summed E-state index contributed by atoms with van der Waals surface area (Å²) in [5, 5.41) is 3.88. The zero-order chi connectivity index (χ0) is 15.0. The van der Waals surface area contributed by atoms with Gasteiger partial charge in [-0.1, -0.05) is 33.2 Å². The molecule has 0 saturated carbocycles. The van der Waals surface area contributed by atoms with Gasteiger partial charge in [-0.3, -0.25) is 0 Å². The molecule has 2 N–H and O–H groups in total. The minimum absolute atomic E-state index is 0.300. The maximum Gasteiger partial charge on any atom is 0.258 e. The number of hydrogen-bond acceptors (Lipinski definition) is 4. The van der Waals surface area contributed by atoms with E-state index in [-0.39, 0.29) is 5.82 Å². The van der Waals surface area contributed by atoms with Crippen LogP contribution in [0.15, 0.2) is 45.4 Å². The van der Waals surface area contributed by atoms with Crippen LogP contribution in [0.4, 0.5) is 10.1 Å². The van der Waals surface area contributed by atoms with Crippen LogP contribution in [-0.2, 0) is 0 Å². The first-order chi connectivity index (χ1) is 10.0. The van der Waals surface area contributed by atoms with Crippen LogP contribution in [-0.4, -0.2) is 10.1 Å². The van der Waals surface area contributed by atoms with Gasteiger partial charge in [0.1, 0.15) is 5.82 Å². The number of rotatable bonds is 2. The predicted molar refractivity (Wildman–Crippen MR) is 82.0 cm³/mol. The number of hydrogen-bond donors (Lipinski definition) is 1. The first-order valence-corrected chi connectivity index (χ1v) is 6.99. The molecule has 0 amide bonds. The van der Waals surface area contributed by atoms with Gasteiger partial charge in [0, 0.05) is 21.3 Å². The average Bonchev–Trinajstić information content (AvgIpc) is 2.90. The van der Waals surface area contributed by atoms with E-state index in [9.17, 15) is 4.39 Å². The summed E-state index contributed by atoms with van der Waals surface area (Å²) in [7, 11) is 0. The molecule has 0 unspecified atom stereocenters. The van der Waals surface area contributed by atoms with E-state index in [0.29, 0.717) is 34.1 Å². The van der Waals surface area contributed by atoms with Crippen molar-refractivity contribution in [3.63, 3.8) is 0 Å². The molecule has 6 heteroatoms. The van der Waals surface area contributed by atoms with Crippen molar-refractivity contribution in [2.24, 2.45) is 0 Å². The summed E-state index contributed by atoms with van der Waals surface area (Å²) in [5.74, 6) is 0.368. The summed E-state index contributed by atoms with van der Waals surface area (Å²) in [6.45, 7) is 1.70. The Morgan fingerprint density at radius 3 is 2.67 bits per heavy atom. The molecular formula is C15H11BrFN3O. The predicted octanol–water partition coefficient (Wildman–Crippen LogP) is 4.20. The minimum Gasteiger partial charge on any atom is -0.399 e. The van der Waals surface area contributed by atoms with E-state index >= 15 is 0 Å². The van der Waals surface area contributed by atoms with Gasteiger partial charge in [-0.2, -0.15) is 4.98 Å². The van der Waals surface area contributed by atoms with Crippen LogP contribution in [0.1, 0.15) is 5.56 Å². The van der Waals surface area contributed by atoms with E-state index in [1.54, 1.807) is 31.2 Å². The maximum atomic E-state index is 13.6. The van der Waals surface area contributed by atoms with E-state index in [0.717, 1.165) is 4.47 Å². The van der Waals surface area contributed by atoms with E-state index in [2.05, 4.69) is 26.1 Å². The number of aromatic nitrogens is 2. The molecule has 3 rings (SSSR count). The lowest BCUT2D eigenvalue weighted by molar-refractivity contribution is 0.432. The monoisotopic (exact) mass is 347 g/mol. The first-order valence-electron chi connectivity index (χ1n) is 6.19. The van der Waals surface area contributed by atoms with E-state index < -0.39 is 0 Å². The number of anilines is 1. The van der Waals surface area contributed by atoms with Gasteiger partial charge in [0.2, 0.25) is 5.82 Å². The van der Waals surface area contributed by atoms with Crippen LogP contribution in [0.3, 0.4) is 0 Å². The Labute approximate surface area is 128 Å². The summed E-state index contributed by atoms with van der Waals surface area (Å²) >= 11 is 3.36. The molecule has 0 bridgehead atoms. The fourth-order valence-electron chi connectivity index (χ4n) is 1.93. The highest BCUT2D eigenvalue weighted by atomic mass is 79.9. The maximum absolute atomic E-state index is 13.6. The van der Waals surface area contributed by atoms with Crippen LogP contribution in [0.5, 0.6) is 0 Å². The Morgan fingerprint density at radius 1 is 1.14 bits per heavy atom. The molecule has 21 heavy (non-hydrogen) atoms. The number of benzene rings is 2. The second kappa shape index (κ2) is 5.29. The number of aryl methyl sites for hydroxylation is 1. The highest BCUT2D eigenvalue weighted by molar-refractivity contribution is 9.10. The Kier molecular flexibility index (Phi) is 3.47. The molecule has 0 spiro atoms. The molecule has 1 aromatic heterocycles. The summed E-state index contributed by atoms with van der Waals surface area (Å²) in [4.78, 5) is 4.28. The SMILES string of the molecule is Cc1ccc(-c2noc(-c3cc(N)cc(Br)c3)n2)cc1F. The summed E-state index contributed by atoms with van der Waals surface area (Å²) < 4.78 is 19.6. The Hall–Kier alpha value is -2.21. The normalized spacial score (nSPS) is 10.8. The van der Waals surface area contributed by atoms with Crippen LogP contribution in [0, 0.1) is 12.7 Å². The van der Waals surface area contributed by atoms with Crippen molar-refractivity contribution < 1.29 is 8.91 Å². The first kappa shape index (κ1) is 13.8. The van der Waals surface area contributed by atoms with Crippen LogP contribution in [0.2, 0.25) is 0 Å². The van der Waals surface area contributed by atoms with Crippen molar-refractivity contribution in [2.75, 3.05) is 5.73 Å². The molecule has 4 nitrogen and oxygen atoms in total. The molecule has 106 valence electrons. The Balaban J connectivity index is 2.01. The van der Waals surface area contributed by atoms with Gasteiger partial charge in [0.05, 0.1) is 0 Å². The summed E-state index contributed by atoms with van der Waals surface area (Å²) in [5.41, 5.74) is 8.20. The van der Waals surface area contributed by atoms with Crippen molar-refractivity contribution in [1.29, 1.82) is 0 Å². The zero-order valence-corrected chi connectivity index (χ0v) is 12.7. The van der Waals surface area contributed by atoms with Crippen LogP contribution < -0.4 is 5.73 Å². The third kappa shape index (κ3) is 2.80. The van der Waals surface area contributed by atoms with Gasteiger partial charge in [-0.05, 0) is 36.8 Å². The van der Waals surface area contributed by atoms with Crippen molar-refractivity contribution in [3.8, 4) is 22.8 Å². The molecule has 0 fully saturated rings. The Bertz CT molecular complexity index is 796. The molecule has 1 heterocycles. The Morgan fingerprint density at radius 2 is 1.95 bits per heavy atom. The lowest BCUT2D eigenvalue weighted by atomic mass is 10.1. The zero-order valence-electron chi connectivity index (χ0n) is 11.1. The molecule has 0 aliphatic carbocycles. The highest BCUT2D eigenvalue weighted by Gasteiger charge is 2.12. The standard InChI is InChI=1S/C15H11BrFN3O/c1-8-2-3-9(6-13(8)17)14-19-15(21-20-14)10-4-11(16)7-12(18)5-10/h2-7H,18H2,1H3. The van der Waals surface area contributed by atoms with E-state index in [4.69, 9.17) is 10.3 Å². The third-order valence-electron chi connectivity index (χ3n) is 3.02. The number of nitrogen functional groups attached to an aromatic ring is 1. The van der Waals surface area contributed by atoms with E-state index in [1.165, 1.54) is 6.07 Å².